The lowest BCUT2D eigenvalue weighted by atomic mass is 10.1. The van der Waals surface area contributed by atoms with Crippen LogP contribution in [0.3, 0.4) is 0 Å². The Morgan fingerprint density at radius 3 is 2.50 bits per heavy atom. The highest BCUT2D eigenvalue weighted by molar-refractivity contribution is 7.18. The zero-order valence-corrected chi connectivity index (χ0v) is 18.3. The third-order valence-corrected chi connectivity index (χ3v) is 6.11. The van der Waals surface area contributed by atoms with Crippen molar-refractivity contribution >= 4 is 34.1 Å². The van der Waals surface area contributed by atoms with E-state index in [4.69, 9.17) is 9.47 Å². The molecule has 2 heterocycles. The van der Waals surface area contributed by atoms with Crippen molar-refractivity contribution in [1.29, 1.82) is 0 Å². The van der Waals surface area contributed by atoms with Gasteiger partial charge in [0.25, 0.3) is 11.8 Å². The van der Waals surface area contributed by atoms with Crippen molar-refractivity contribution in [1.82, 2.24) is 4.90 Å². The monoisotopic (exact) mass is 430 g/mol. The summed E-state index contributed by atoms with van der Waals surface area (Å²) in [6.07, 6.45) is 1.95. The van der Waals surface area contributed by atoms with E-state index < -0.39 is 11.9 Å². The molecule has 2 amide bonds. The molecule has 1 aromatic carbocycles. The number of likely N-dealkylation sites (tertiary alicyclic amines) is 1. The van der Waals surface area contributed by atoms with Gasteiger partial charge in [0.1, 0.15) is 10.8 Å². The Bertz CT molecular complexity index is 947. The molecule has 8 heteroatoms. The van der Waals surface area contributed by atoms with E-state index in [0.29, 0.717) is 34.3 Å². The van der Waals surface area contributed by atoms with Crippen molar-refractivity contribution in [2.75, 3.05) is 31.6 Å². The smallest absolute Gasteiger partial charge is 0.341 e. The first-order valence-corrected chi connectivity index (χ1v) is 10.8. The maximum atomic E-state index is 12.9. The van der Waals surface area contributed by atoms with Gasteiger partial charge in [-0.15, -0.1) is 11.3 Å². The van der Waals surface area contributed by atoms with Gasteiger partial charge in [-0.2, -0.15) is 0 Å². The molecule has 1 aliphatic rings. The maximum Gasteiger partial charge on any atom is 0.341 e. The van der Waals surface area contributed by atoms with Crippen LogP contribution in [0, 0.1) is 13.8 Å². The number of aryl methyl sites for hydroxylation is 1. The third kappa shape index (κ3) is 4.81. The number of hydrogen-bond donors (Lipinski definition) is 1. The maximum absolute atomic E-state index is 12.9. The van der Waals surface area contributed by atoms with E-state index in [1.165, 1.54) is 0 Å². The highest BCUT2D eigenvalue weighted by Gasteiger charge is 2.29. The predicted molar refractivity (Wildman–Crippen MR) is 115 cm³/mol. The molecular weight excluding hydrogens is 404 g/mol. The van der Waals surface area contributed by atoms with E-state index in [2.05, 4.69) is 5.32 Å². The number of nitrogens with zero attached hydrogens (tertiary/aromatic N) is 1. The van der Waals surface area contributed by atoms with Gasteiger partial charge >= 0.3 is 5.97 Å². The highest BCUT2D eigenvalue weighted by atomic mass is 32.1. The van der Waals surface area contributed by atoms with E-state index in [0.717, 1.165) is 29.7 Å². The first-order valence-electron chi connectivity index (χ1n) is 10.0. The lowest BCUT2D eigenvalue weighted by Crippen LogP contribution is -2.27. The number of carbonyl (C=O) groups excluding carboxylic acids is 3. The first kappa shape index (κ1) is 21.8. The molecule has 1 fully saturated rings. The average Bonchev–Trinajstić information content (AvgIpc) is 3.35. The number of ether oxygens (including phenoxy) is 2. The molecule has 1 aromatic heterocycles. The molecule has 0 atom stereocenters. The Morgan fingerprint density at radius 1 is 1.13 bits per heavy atom. The normalized spacial score (nSPS) is 13.2. The van der Waals surface area contributed by atoms with Gasteiger partial charge in [-0.3, -0.25) is 9.59 Å². The first-order chi connectivity index (χ1) is 14.4. The fourth-order valence-corrected chi connectivity index (χ4v) is 4.52. The molecule has 3 rings (SSSR count). The Labute approximate surface area is 180 Å². The SMILES string of the molecule is CCOC(=O)c1c(NC(=O)COc2ccccc2C)sc(C(=O)N2CCCC2)c1C. The Morgan fingerprint density at radius 2 is 1.83 bits per heavy atom. The van der Waals surface area contributed by atoms with Gasteiger partial charge in [0, 0.05) is 13.1 Å². The second kappa shape index (κ2) is 9.75. The standard InChI is InChI=1S/C22H26N2O5S/c1-4-28-22(27)18-15(3)19(21(26)24-11-7-8-12-24)30-20(18)23-17(25)13-29-16-10-6-5-9-14(16)2/h5-6,9-10H,4,7-8,11-13H2,1-3H3,(H,23,25). The molecule has 0 aliphatic carbocycles. The fourth-order valence-electron chi connectivity index (χ4n) is 3.34. The van der Waals surface area contributed by atoms with Crippen LogP contribution in [0.1, 0.15) is 50.9 Å². The van der Waals surface area contributed by atoms with Crippen LogP contribution in [0.4, 0.5) is 5.00 Å². The topological polar surface area (TPSA) is 84.9 Å². The number of benzene rings is 1. The van der Waals surface area contributed by atoms with Gasteiger partial charge in [0.15, 0.2) is 6.61 Å². The van der Waals surface area contributed by atoms with Crippen LogP contribution >= 0.6 is 11.3 Å². The van der Waals surface area contributed by atoms with Crippen LogP contribution in [-0.4, -0.2) is 49.0 Å². The van der Waals surface area contributed by atoms with E-state index in [1.54, 1.807) is 24.8 Å². The van der Waals surface area contributed by atoms with Crippen LogP contribution in [0.25, 0.3) is 0 Å². The Hall–Kier alpha value is -2.87. The van der Waals surface area contributed by atoms with Gasteiger partial charge in [-0.1, -0.05) is 18.2 Å². The van der Waals surface area contributed by atoms with E-state index in [9.17, 15) is 14.4 Å². The lowest BCUT2D eigenvalue weighted by molar-refractivity contribution is -0.118. The zero-order chi connectivity index (χ0) is 21.7. The van der Waals surface area contributed by atoms with Crippen LogP contribution in [-0.2, 0) is 9.53 Å². The van der Waals surface area contributed by atoms with Crippen molar-refractivity contribution in [2.45, 2.75) is 33.6 Å². The zero-order valence-electron chi connectivity index (χ0n) is 17.4. The summed E-state index contributed by atoms with van der Waals surface area (Å²) in [6, 6.07) is 7.40. The van der Waals surface area contributed by atoms with Gasteiger partial charge in [-0.25, -0.2) is 4.79 Å². The predicted octanol–water partition coefficient (Wildman–Crippen LogP) is 3.80. The fraction of sp³-hybridized carbons (Fsp3) is 0.409. The number of thiophene rings is 1. The molecule has 0 radical (unpaired) electrons. The van der Waals surface area contributed by atoms with Crippen molar-refractivity contribution < 1.29 is 23.9 Å². The molecular formula is C22H26N2O5S. The molecule has 7 nitrogen and oxygen atoms in total. The summed E-state index contributed by atoms with van der Waals surface area (Å²) in [7, 11) is 0. The lowest BCUT2D eigenvalue weighted by Gasteiger charge is -2.14. The van der Waals surface area contributed by atoms with Gasteiger partial charge < -0.3 is 19.7 Å². The second-order valence-electron chi connectivity index (χ2n) is 7.08. The number of rotatable bonds is 7. The summed E-state index contributed by atoms with van der Waals surface area (Å²) in [6.45, 7) is 6.72. The quantitative estimate of drug-likeness (QED) is 0.676. The van der Waals surface area contributed by atoms with Crippen LogP contribution < -0.4 is 10.1 Å². The molecule has 0 saturated carbocycles. The summed E-state index contributed by atoms with van der Waals surface area (Å²) < 4.78 is 10.7. The minimum absolute atomic E-state index is 0.114. The molecule has 1 aliphatic heterocycles. The number of nitrogens with one attached hydrogen (secondary N) is 1. The molecule has 30 heavy (non-hydrogen) atoms. The number of hydrogen-bond acceptors (Lipinski definition) is 6. The van der Waals surface area contributed by atoms with E-state index in [1.807, 2.05) is 25.1 Å². The average molecular weight is 431 g/mol. The van der Waals surface area contributed by atoms with E-state index in [-0.39, 0.29) is 24.7 Å². The van der Waals surface area contributed by atoms with E-state index >= 15 is 0 Å². The minimum Gasteiger partial charge on any atom is -0.483 e. The van der Waals surface area contributed by atoms with Gasteiger partial charge in [-0.05, 0) is 50.8 Å². The molecule has 0 spiro atoms. The number of para-hydroxylation sites is 1. The summed E-state index contributed by atoms with van der Waals surface area (Å²) in [4.78, 5) is 40.2. The van der Waals surface area contributed by atoms with Gasteiger partial charge in [0.05, 0.1) is 17.0 Å². The van der Waals surface area contributed by atoms with Crippen LogP contribution in [0.5, 0.6) is 5.75 Å². The molecule has 0 bridgehead atoms. The van der Waals surface area contributed by atoms with Gasteiger partial charge in [0.2, 0.25) is 0 Å². The third-order valence-electron chi connectivity index (χ3n) is 4.92. The number of esters is 1. The van der Waals surface area contributed by atoms with Crippen LogP contribution in [0.2, 0.25) is 0 Å². The Balaban J connectivity index is 1.80. The number of amides is 2. The highest BCUT2D eigenvalue weighted by Crippen LogP contribution is 2.35. The summed E-state index contributed by atoms with van der Waals surface area (Å²) in [5.41, 5.74) is 1.68. The molecule has 0 unspecified atom stereocenters. The molecule has 1 saturated heterocycles. The number of anilines is 1. The summed E-state index contributed by atoms with van der Waals surface area (Å²) in [5, 5.41) is 3.04. The Kier molecular flexibility index (Phi) is 7.10. The second-order valence-corrected chi connectivity index (χ2v) is 8.10. The van der Waals surface area contributed by atoms with Crippen molar-refractivity contribution in [3.63, 3.8) is 0 Å². The summed E-state index contributed by atoms with van der Waals surface area (Å²) >= 11 is 1.11. The van der Waals surface area contributed by atoms with Crippen molar-refractivity contribution in [3.8, 4) is 5.75 Å². The number of carbonyl (C=O) groups is 3. The molecule has 1 N–H and O–H groups in total. The molecule has 2 aromatic rings. The van der Waals surface area contributed by atoms with Crippen LogP contribution in [0.15, 0.2) is 24.3 Å². The minimum atomic E-state index is -0.554. The molecule has 160 valence electrons. The largest absolute Gasteiger partial charge is 0.483 e. The summed E-state index contributed by atoms with van der Waals surface area (Å²) in [5.74, 6) is -0.463. The van der Waals surface area contributed by atoms with Crippen molar-refractivity contribution in [2.24, 2.45) is 0 Å². The van der Waals surface area contributed by atoms with Crippen molar-refractivity contribution in [3.05, 3.63) is 45.8 Å².